The second-order valence-corrected chi connectivity index (χ2v) is 5.86. The normalized spacial score (nSPS) is 10.9. The van der Waals surface area contributed by atoms with Crippen molar-refractivity contribution in [3.63, 3.8) is 0 Å². The summed E-state index contributed by atoms with van der Waals surface area (Å²) >= 11 is 0. The largest absolute Gasteiger partial charge is 0.508 e. The maximum Gasteiger partial charge on any atom is 0.193 e. The molecule has 3 aromatic carbocycles. The Morgan fingerprint density at radius 1 is 0.815 bits per heavy atom. The van der Waals surface area contributed by atoms with Crippen LogP contribution in [-0.2, 0) is 0 Å². The summed E-state index contributed by atoms with van der Waals surface area (Å²) in [4.78, 5) is 12.2. The Kier molecular flexibility index (Phi) is 4.08. The molecule has 1 heterocycles. The number of phenolic OH excluding ortho intramolecular Hbond substituents is 1. The molecule has 27 heavy (non-hydrogen) atoms. The molecular formula is C21H12F2O4. The van der Waals surface area contributed by atoms with Crippen LogP contribution in [0.15, 0.2) is 75.9 Å². The van der Waals surface area contributed by atoms with E-state index in [2.05, 4.69) is 0 Å². The van der Waals surface area contributed by atoms with Crippen LogP contribution >= 0.6 is 0 Å². The summed E-state index contributed by atoms with van der Waals surface area (Å²) in [6.45, 7) is 0. The average Bonchev–Trinajstić information content (AvgIpc) is 2.66. The van der Waals surface area contributed by atoms with Crippen LogP contribution in [0.25, 0.3) is 22.3 Å². The van der Waals surface area contributed by atoms with E-state index < -0.39 is 11.6 Å². The molecule has 1 N–H and O–H groups in total. The van der Waals surface area contributed by atoms with Crippen molar-refractivity contribution in [1.29, 1.82) is 0 Å². The third-order valence-corrected chi connectivity index (χ3v) is 3.98. The van der Waals surface area contributed by atoms with Crippen molar-refractivity contribution in [2.75, 3.05) is 0 Å². The van der Waals surface area contributed by atoms with Gasteiger partial charge in [0.15, 0.2) is 17.1 Å². The van der Waals surface area contributed by atoms with E-state index in [0.717, 1.165) is 12.1 Å². The monoisotopic (exact) mass is 366 g/mol. The Hall–Kier alpha value is -3.67. The number of fused-ring (bicyclic) bond motifs is 1. The van der Waals surface area contributed by atoms with E-state index >= 15 is 0 Å². The van der Waals surface area contributed by atoms with Crippen LogP contribution in [0.2, 0.25) is 0 Å². The second-order valence-electron chi connectivity index (χ2n) is 5.86. The van der Waals surface area contributed by atoms with Gasteiger partial charge in [-0.05, 0) is 54.6 Å². The summed E-state index contributed by atoms with van der Waals surface area (Å²) in [6.07, 6.45) is 0. The van der Waals surface area contributed by atoms with Gasteiger partial charge in [-0.3, -0.25) is 4.79 Å². The summed E-state index contributed by atoms with van der Waals surface area (Å²) < 4.78 is 37.4. The summed E-state index contributed by atoms with van der Waals surface area (Å²) in [5.74, 6) is -1.01. The molecule has 134 valence electrons. The Labute approximate surface area is 151 Å². The first-order valence-electron chi connectivity index (χ1n) is 8.00. The van der Waals surface area contributed by atoms with Gasteiger partial charge < -0.3 is 14.3 Å². The minimum atomic E-state index is -0.993. The first-order chi connectivity index (χ1) is 13.0. The topological polar surface area (TPSA) is 59.7 Å². The lowest BCUT2D eigenvalue weighted by molar-refractivity contribution is 0.461. The van der Waals surface area contributed by atoms with Gasteiger partial charge in [0.1, 0.15) is 28.6 Å². The number of hydrogen-bond acceptors (Lipinski definition) is 4. The molecule has 0 atom stereocenters. The quantitative estimate of drug-likeness (QED) is 0.539. The Bertz CT molecular complexity index is 1200. The third-order valence-electron chi connectivity index (χ3n) is 3.98. The summed E-state index contributed by atoms with van der Waals surface area (Å²) in [5.41, 5.74) is 0.724. The standard InChI is InChI=1S/C21H12F2O4/c22-17-7-6-15(10-18(17)23)26-14-4-1-12(2-5-14)21-11-19(25)16-9-13(24)3-8-20(16)27-21/h1-11,24H. The molecule has 6 heteroatoms. The van der Waals surface area contributed by atoms with Crippen LogP contribution < -0.4 is 10.2 Å². The second kappa shape index (κ2) is 6.57. The molecule has 0 amide bonds. The number of hydrogen-bond donors (Lipinski definition) is 1. The molecule has 0 aliphatic carbocycles. The SMILES string of the molecule is O=c1cc(-c2ccc(Oc3ccc(F)c(F)c3)cc2)oc2ccc(O)cc12. The summed E-state index contributed by atoms with van der Waals surface area (Å²) in [7, 11) is 0. The minimum absolute atomic E-state index is 0.0127. The zero-order chi connectivity index (χ0) is 19.0. The molecule has 1 aromatic heterocycles. The van der Waals surface area contributed by atoms with Gasteiger partial charge in [0.05, 0.1) is 5.39 Å². The molecule has 0 aliphatic heterocycles. The smallest absolute Gasteiger partial charge is 0.193 e. The third kappa shape index (κ3) is 3.37. The van der Waals surface area contributed by atoms with Gasteiger partial charge in [-0.25, -0.2) is 8.78 Å². The zero-order valence-electron chi connectivity index (χ0n) is 13.8. The number of halogens is 2. The fraction of sp³-hybridized carbons (Fsp3) is 0. The first-order valence-corrected chi connectivity index (χ1v) is 8.00. The van der Waals surface area contributed by atoms with Crippen LogP contribution in [-0.4, -0.2) is 5.11 Å². The zero-order valence-corrected chi connectivity index (χ0v) is 13.8. The van der Waals surface area contributed by atoms with Crippen molar-refractivity contribution in [1.82, 2.24) is 0 Å². The van der Waals surface area contributed by atoms with Crippen molar-refractivity contribution < 1.29 is 23.0 Å². The molecule has 0 bridgehead atoms. The van der Waals surface area contributed by atoms with E-state index in [1.54, 1.807) is 24.3 Å². The van der Waals surface area contributed by atoms with Gasteiger partial charge in [-0.2, -0.15) is 0 Å². The highest BCUT2D eigenvalue weighted by Crippen LogP contribution is 2.28. The maximum atomic E-state index is 13.2. The Balaban J connectivity index is 1.64. The lowest BCUT2D eigenvalue weighted by atomic mass is 10.1. The molecular weight excluding hydrogens is 354 g/mol. The van der Waals surface area contributed by atoms with E-state index in [9.17, 15) is 18.7 Å². The number of ether oxygens (including phenoxy) is 1. The fourth-order valence-electron chi connectivity index (χ4n) is 2.65. The number of aromatic hydroxyl groups is 1. The lowest BCUT2D eigenvalue weighted by Gasteiger charge is -2.07. The molecule has 0 saturated carbocycles. The highest BCUT2D eigenvalue weighted by molar-refractivity contribution is 5.80. The van der Waals surface area contributed by atoms with Crippen LogP contribution in [0, 0.1) is 11.6 Å². The van der Waals surface area contributed by atoms with Crippen molar-refractivity contribution in [3.05, 3.63) is 88.6 Å². The van der Waals surface area contributed by atoms with Gasteiger partial charge in [-0.1, -0.05) is 0 Å². The maximum absolute atomic E-state index is 13.2. The fourth-order valence-corrected chi connectivity index (χ4v) is 2.65. The first kappa shape index (κ1) is 16.8. The Morgan fingerprint density at radius 3 is 2.30 bits per heavy atom. The highest BCUT2D eigenvalue weighted by Gasteiger charge is 2.09. The van der Waals surface area contributed by atoms with Gasteiger partial charge in [0.25, 0.3) is 0 Å². The Morgan fingerprint density at radius 2 is 1.56 bits per heavy atom. The summed E-state index contributed by atoms with van der Waals surface area (Å²) in [6, 6.07) is 15.5. The van der Waals surface area contributed by atoms with Crippen LogP contribution in [0.5, 0.6) is 17.2 Å². The lowest BCUT2D eigenvalue weighted by Crippen LogP contribution is -2.00. The average molecular weight is 366 g/mol. The van der Waals surface area contributed by atoms with Gasteiger partial charge in [0, 0.05) is 17.7 Å². The highest BCUT2D eigenvalue weighted by atomic mass is 19.2. The van der Waals surface area contributed by atoms with Crippen LogP contribution in [0.4, 0.5) is 8.78 Å². The minimum Gasteiger partial charge on any atom is -0.508 e. The molecule has 0 spiro atoms. The van der Waals surface area contributed by atoms with Crippen molar-refractivity contribution in [2.24, 2.45) is 0 Å². The molecule has 4 rings (SSSR count). The van der Waals surface area contributed by atoms with E-state index in [4.69, 9.17) is 9.15 Å². The molecule has 4 aromatic rings. The molecule has 0 aliphatic rings. The molecule has 4 nitrogen and oxygen atoms in total. The predicted octanol–water partition coefficient (Wildman–Crippen LogP) is 5.24. The van der Waals surface area contributed by atoms with E-state index in [1.165, 1.54) is 30.3 Å². The van der Waals surface area contributed by atoms with Gasteiger partial charge in [-0.15, -0.1) is 0 Å². The van der Waals surface area contributed by atoms with E-state index in [0.29, 0.717) is 22.7 Å². The number of phenols is 1. The van der Waals surface area contributed by atoms with Crippen LogP contribution in [0.3, 0.4) is 0 Å². The van der Waals surface area contributed by atoms with Gasteiger partial charge >= 0.3 is 0 Å². The molecule has 0 unspecified atom stereocenters. The van der Waals surface area contributed by atoms with E-state index in [-0.39, 0.29) is 22.3 Å². The van der Waals surface area contributed by atoms with Gasteiger partial charge in [0.2, 0.25) is 0 Å². The number of rotatable bonds is 3. The molecule has 0 fully saturated rings. The van der Waals surface area contributed by atoms with Crippen molar-refractivity contribution in [3.8, 4) is 28.6 Å². The number of benzene rings is 3. The van der Waals surface area contributed by atoms with E-state index in [1.807, 2.05) is 0 Å². The molecule has 0 radical (unpaired) electrons. The predicted molar refractivity (Wildman–Crippen MR) is 96.0 cm³/mol. The summed E-state index contributed by atoms with van der Waals surface area (Å²) in [5, 5.41) is 9.78. The van der Waals surface area contributed by atoms with Crippen molar-refractivity contribution >= 4 is 11.0 Å². The van der Waals surface area contributed by atoms with Crippen molar-refractivity contribution in [2.45, 2.75) is 0 Å². The molecule has 0 saturated heterocycles. The van der Waals surface area contributed by atoms with Crippen LogP contribution in [0.1, 0.15) is 0 Å².